The van der Waals surface area contributed by atoms with Crippen LogP contribution >= 0.6 is 11.6 Å². The molecular weight excluding hydrogens is 339 g/mol. The Morgan fingerprint density at radius 2 is 2.09 bits per heavy atom. The molecule has 1 amide bonds. The zero-order chi connectivity index (χ0) is 16.8. The molecule has 10 heteroatoms. The van der Waals surface area contributed by atoms with Crippen LogP contribution in [0, 0.1) is 5.82 Å². The van der Waals surface area contributed by atoms with Crippen molar-refractivity contribution in [1.82, 2.24) is 10.0 Å². The van der Waals surface area contributed by atoms with Gasteiger partial charge in [-0.25, -0.2) is 22.3 Å². The lowest BCUT2D eigenvalue weighted by atomic mass is 10.2. The van der Waals surface area contributed by atoms with E-state index in [1.807, 2.05) is 0 Å². The van der Waals surface area contributed by atoms with E-state index in [0.717, 1.165) is 18.2 Å². The third kappa shape index (κ3) is 5.76. The van der Waals surface area contributed by atoms with E-state index >= 15 is 0 Å². The van der Waals surface area contributed by atoms with E-state index in [-0.39, 0.29) is 22.9 Å². The first-order chi connectivity index (χ1) is 10.3. The Hall–Kier alpha value is -1.42. The summed E-state index contributed by atoms with van der Waals surface area (Å²) in [4.78, 5) is 9.98. The van der Waals surface area contributed by atoms with Gasteiger partial charge in [-0.1, -0.05) is 11.6 Å². The first-order valence-electron chi connectivity index (χ1n) is 6.31. The maximum absolute atomic E-state index is 12.9. The van der Waals surface area contributed by atoms with Gasteiger partial charge < -0.3 is 15.5 Å². The second kappa shape index (κ2) is 8.28. The third-order valence-electron chi connectivity index (χ3n) is 2.73. The molecule has 1 rings (SSSR count). The Balaban J connectivity index is 2.70. The van der Waals surface area contributed by atoms with Gasteiger partial charge >= 0.3 is 6.09 Å². The Labute approximate surface area is 132 Å². The van der Waals surface area contributed by atoms with Gasteiger partial charge in [0.25, 0.3) is 0 Å². The number of carboxylic acid groups (broad SMARTS) is 1. The number of amides is 1. The molecule has 1 atom stereocenters. The summed E-state index contributed by atoms with van der Waals surface area (Å²) in [5.74, 6) is -0.664. The number of benzene rings is 1. The summed E-state index contributed by atoms with van der Waals surface area (Å²) in [5, 5.41) is 19.5. The van der Waals surface area contributed by atoms with Crippen molar-refractivity contribution < 1.29 is 27.8 Å². The van der Waals surface area contributed by atoms with E-state index in [9.17, 15) is 22.7 Å². The number of nitrogens with one attached hydrogen (secondary N) is 2. The normalized spacial score (nSPS) is 12.9. The van der Waals surface area contributed by atoms with Gasteiger partial charge in [-0.2, -0.15) is 0 Å². The van der Waals surface area contributed by atoms with E-state index in [1.165, 1.54) is 0 Å². The van der Waals surface area contributed by atoms with Crippen LogP contribution in [0.2, 0.25) is 5.02 Å². The molecule has 0 bridgehead atoms. The summed E-state index contributed by atoms with van der Waals surface area (Å²) in [7, 11) is -4.02. The quantitative estimate of drug-likeness (QED) is 0.523. The molecule has 4 N–H and O–H groups in total. The molecule has 0 fully saturated rings. The molecular formula is C12H16ClFN2O5S. The molecule has 0 saturated heterocycles. The smallest absolute Gasteiger partial charge is 0.404 e. The molecule has 124 valence electrons. The molecule has 1 aromatic carbocycles. The maximum atomic E-state index is 12.9. The van der Waals surface area contributed by atoms with Gasteiger partial charge in [-0.3, -0.25) is 0 Å². The first-order valence-corrected chi connectivity index (χ1v) is 8.17. The standard InChI is InChI=1S/C12H16ClFN2O5S/c13-10-6-8(14)3-4-11(10)22(20,21)16-9(7-17)2-1-5-15-12(18)19/h3-4,6,9,15-17H,1-2,5,7H2,(H,18,19)/t9-/m1/s1. The molecule has 0 unspecified atom stereocenters. The number of halogens is 2. The van der Waals surface area contributed by atoms with Crippen molar-refractivity contribution in [1.29, 1.82) is 0 Å². The minimum absolute atomic E-state index is 0.130. The molecule has 0 spiro atoms. The van der Waals surface area contributed by atoms with E-state index in [0.29, 0.717) is 6.42 Å². The van der Waals surface area contributed by atoms with E-state index in [2.05, 4.69) is 10.0 Å². The van der Waals surface area contributed by atoms with E-state index < -0.39 is 34.6 Å². The van der Waals surface area contributed by atoms with Crippen molar-refractivity contribution in [2.75, 3.05) is 13.2 Å². The van der Waals surface area contributed by atoms with Gasteiger partial charge in [0, 0.05) is 12.6 Å². The fraction of sp³-hybridized carbons (Fsp3) is 0.417. The number of sulfonamides is 1. The fourth-order valence-electron chi connectivity index (χ4n) is 1.71. The SMILES string of the molecule is O=C(O)NCCC[C@H](CO)NS(=O)(=O)c1ccc(F)cc1Cl. The zero-order valence-electron chi connectivity index (χ0n) is 11.4. The Morgan fingerprint density at radius 1 is 1.41 bits per heavy atom. The number of rotatable bonds is 8. The van der Waals surface area contributed by atoms with Crippen LogP contribution in [0.5, 0.6) is 0 Å². The van der Waals surface area contributed by atoms with Crippen molar-refractivity contribution in [2.45, 2.75) is 23.8 Å². The number of hydrogen-bond acceptors (Lipinski definition) is 4. The lowest BCUT2D eigenvalue weighted by Gasteiger charge is -2.17. The fourth-order valence-corrected chi connectivity index (χ4v) is 3.50. The number of aliphatic hydroxyl groups excluding tert-OH is 1. The lowest BCUT2D eigenvalue weighted by Crippen LogP contribution is -2.38. The molecule has 0 aliphatic carbocycles. The monoisotopic (exact) mass is 354 g/mol. The minimum Gasteiger partial charge on any atom is -0.465 e. The highest BCUT2D eigenvalue weighted by Gasteiger charge is 2.22. The second-order valence-electron chi connectivity index (χ2n) is 4.45. The van der Waals surface area contributed by atoms with Crippen LogP contribution in [-0.4, -0.2) is 43.9 Å². The first kappa shape index (κ1) is 18.6. The van der Waals surface area contributed by atoms with Crippen LogP contribution in [-0.2, 0) is 10.0 Å². The summed E-state index contributed by atoms with van der Waals surface area (Å²) in [6.45, 7) is -0.337. The van der Waals surface area contributed by atoms with Crippen LogP contribution in [0.25, 0.3) is 0 Å². The highest BCUT2D eigenvalue weighted by atomic mass is 35.5. The van der Waals surface area contributed by atoms with Crippen molar-refractivity contribution in [3.05, 3.63) is 29.0 Å². The van der Waals surface area contributed by atoms with Gasteiger partial charge in [-0.15, -0.1) is 0 Å². The number of hydrogen-bond donors (Lipinski definition) is 4. The summed E-state index contributed by atoms with van der Waals surface area (Å²) in [6.07, 6.45) is -0.634. The van der Waals surface area contributed by atoms with Crippen molar-refractivity contribution in [3.8, 4) is 0 Å². The summed E-state index contributed by atoms with van der Waals surface area (Å²) < 4.78 is 39.5. The average Bonchev–Trinajstić information content (AvgIpc) is 2.41. The maximum Gasteiger partial charge on any atom is 0.404 e. The molecule has 1 aromatic rings. The van der Waals surface area contributed by atoms with Crippen LogP contribution in [0.4, 0.5) is 9.18 Å². The summed E-state index contributed by atoms with van der Waals surface area (Å²) in [5.41, 5.74) is 0. The lowest BCUT2D eigenvalue weighted by molar-refractivity contribution is 0.193. The van der Waals surface area contributed by atoms with Crippen molar-refractivity contribution >= 4 is 27.7 Å². The molecule has 0 aliphatic heterocycles. The average molecular weight is 355 g/mol. The molecule has 0 heterocycles. The molecule has 0 radical (unpaired) electrons. The molecule has 22 heavy (non-hydrogen) atoms. The van der Waals surface area contributed by atoms with Crippen molar-refractivity contribution in [3.63, 3.8) is 0 Å². The van der Waals surface area contributed by atoms with E-state index in [4.69, 9.17) is 16.7 Å². The van der Waals surface area contributed by atoms with Gasteiger partial charge in [0.1, 0.15) is 10.7 Å². The van der Waals surface area contributed by atoms with Gasteiger partial charge in [0.2, 0.25) is 10.0 Å². The van der Waals surface area contributed by atoms with Crippen LogP contribution in [0.3, 0.4) is 0 Å². The van der Waals surface area contributed by atoms with Crippen molar-refractivity contribution in [2.24, 2.45) is 0 Å². The Morgan fingerprint density at radius 3 is 2.64 bits per heavy atom. The van der Waals surface area contributed by atoms with Gasteiger partial charge in [0.05, 0.1) is 11.6 Å². The zero-order valence-corrected chi connectivity index (χ0v) is 13.0. The molecule has 0 aliphatic rings. The topological polar surface area (TPSA) is 116 Å². The molecule has 7 nitrogen and oxygen atoms in total. The summed E-state index contributed by atoms with van der Waals surface area (Å²) >= 11 is 5.71. The highest BCUT2D eigenvalue weighted by Crippen LogP contribution is 2.22. The second-order valence-corrected chi connectivity index (χ2v) is 6.54. The minimum atomic E-state index is -4.02. The Kier molecular flexibility index (Phi) is 7.01. The molecule has 0 saturated carbocycles. The predicted molar refractivity (Wildman–Crippen MR) is 77.9 cm³/mol. The van der Waals surface area contributed by atoms with Crippen LogP contribution in [0.1, 0.15) is 12.8 Å². The van der Waals surface area contributed by atoms with Gasteiger partial charge in [0.15, 0.2) is 0 Å². The number of carbonyl (C=O) groups is 1. The van der Waals surface area contributed by atoms with E-state index in [1.54, 1.807) is 0 Å². The predicted octanol–water partition coefficient (Wildman–Crippen LogP) is 1.17. The van der Waals surface area contributed by atoms with Crippen LogP contribution < -0.4 is 10.0 Å². The highest BCUT2D eigenvalue weighted by molar-refractivity contribution is 7.89. The largest absolute Gasteiger partial charge is 0.465 e. The third-order valence-corrected chi connectivity index (χ3v) is 4.73. The van der Waals surface area contributed by atoms with Gasteiger partial charge in [-0.05, 0) is 31.0 Å². The number of aliphatic hydroxyl groups is 1. The van der Waals surface area contributed by atoms with Crippen LogP contribution in [0.15, 0.2) is 23.1 Å². The summed E-state index contributed by atoms with van der Waals surface area (Å²) in [6, 6.07) is 2.06. The Bertz CT molecular complexity index is 626. The molecule has 0 aromatic heterocycles.